The van der Waals surface area contributed by atoms with Gasteiger partial charge in [-0.2, -0.15) is 0 Å². The summed E-state index contributed by atoms with van der Waals surface area (Å²) in [5.74, 6) is -1.54. The van der Waals surface area contributed by atoms with Crippen molar-refractivity contribution in [2.24, 2.45) is 0 Å². The lowest BCUT2D eigenvalue weighted by Crippen LogP contribution is -2.59. The van der Waals surface area contributed by atoms with Gasteiger partial charge in [-0.3, -0.25) is 9.59 Å². The molecular weight excluding hydrogens is 748 g/mol. The third-order valence-corrected chi connectivity index (χ3v) is 10.00. The van der Waals surface area contributed by atoms with Crippen LogP contribution in [0, 0.1) is 0 Å². The number of alkyl carbamates (subject to hydrolysis) is 1. The average Bonchev–Trinajstić information content (AvgIpc) is 3.51. The Labute approximate surface area is 339 Å². The van der Waals surface area contributed by atoms with Gasteiger partial charge in [0, 0.05) is 43.2 Å². The van der Waals surface area contributed by atoms with Gasteiger partial charge in [-0.1, -0.05) is 103 Å². The normalized spacial score (nSPS) is 13.0. The van der Waals surface area contributed by atoms with Crippen molar-refractivity contribution in [2.45, 2.75) is 71.1 Å². The highest BCUT2D eigenvalue weighted by Crippen LogP contribution is 2.44. The van der Waals surface area contributed by atoms with Crippen LogP contribution in [0.1, 0.15) is 55.9 Å². The first-order chi connectivity index (χ1) is 27.5. The predicted octanol–water partition coefficient (Wildman–Crippen LogP) is 7.09. The Morgan fingerprint density at radius 1 is 0.754 bits per heavy atom. The zero-order chi connectivity index (χ0) is 40.9. The minimum Gasteiger partial charge on any atom is -0.465 e. The Hall–Kier alpha value is -5.43. The molecule has 0 aromatic heterocycles. The number of carbonyl (C=O) groups excluding carboxylic acids is 3. The van der Waals surface area contributed by atoms with E-state index in [0.717, 1.165) is 32.7 Å². The van der Waals surface area contributed by atoms with Gasteiger partial charge in [0.25, 0.3) is 0 Å². The molecule has 4 aromatic carbocycles. The molecule has 13 heteroatoms. The summed E-state index contributed by atoms with van der Waals surface area (Å²) in [5.41, 5.74) is 5.33. The standard InChI is InChI=1S/C44H51ClN4O8/c1-5-55-40(56-6-2)27-49(29(3)4)42(51)38(24-31-17-14-18-32(45)23-31)46-41(50)39(47-43(52)57-28-30-15-8-7-9-16-30)26-48(44(53)54)25-37-35-21-12-10-19-33(35)34-20-11-13-22-36(34)37/h7-23,29,37-40H,5-6,24-28H2,1-4H3,(H,46,50)(H,47,52)(H,53,54). The number of carboxylic acid groups (broad SMARTS) is 1. The fourth-order valence-electron chi connectivity index (χ4n) is 7.04. The second-order valence-corrected chi connectivity index (χ2v) is 14.4. The smallest absolute Gasteiger partial charge is 0.408 e. The lowest BCUT2D eigenvalue weighted by Gasteiger charge is -2.34. The molecule has 4 amide bonds. The molecule has 3 N–H and O–H groups in total. The van der Waals surface area contributed by atoms with E-state index < -0.39 is 48.9 Å². The third kappa shape index (κ3) is 11.6. The number of fused-ring (bicyclic) bond motifs is 3. The van der Waals surface area contributed by atoms with Gasteiger partial charge < -0.3 is 39.8 Å². The van der Waals surface area contributed by atoms with E-state index in [9.17, 15) is 24.3 Å². The topological polar surface area (TPSA) is 147 Å². The van der Waals surface area contributed by atoms with Gasteiger partial charge >= 0.3 is 12.2 Å². The van der Waals surface area contributed by atoms with Gasteiger partial charge in [0.1, 0.15) is 18.7 Å². The molecule has 0 radical (unpaired) electrons. The maximum Gasteiger partial charge on any atom is 0.408 e. The highest BCUT2D eigenvalue weighted by molar-refractivity contribution is 6.30. The summed E-state index contributed by atoms with van der Waals surface area (Å²) < 4.78 is 17.0. The van der Waals surface area contributed by atoms with Crippen molar-refractivity contribution in [3.8, 4) is 11.1 Å². The molecule has 0 saturated heterocycles. The molecule has 0 bridgehead atoms. The van der Waals surface area contributed by atoms with Crippen molar-refractivity contribution in [2.75, 3.05) is 32.8 Å². The fourth-order valence-corrected chi connectivity index (χ4v) is 7.26. The number of halogens is 1. The number of ether oxygens (including phenoxy) is 3. The Morgan fingerprint density at radius 3 is 1.93 bits per heavy atom. The number of hydrogen-bond acceptors (Lipinski definition) is 7. The number of amides is 4. The first-order valence-corrected chi connectivity index (χ1v) is 19.6. The maximum atomic E-state index is 14.5. The number of nitrogens with one attached hydrogen (secondary N) is 2. The molecule has 0 saturated carbocycles. The molecule has 12 nitrogen and oxygen atoms in total. The number of rotatable bonds is 19. The van der Waals surface area contributed by atoms with Crippen molar-refractivity contribution < 1.29 is 38.5 Å². The van der Waals surface area contributed by atoms with Crippen LogP contribution in [0.5, 0.6) is 0 Å². The molecule has 5 rings (SSSR count). The maximum absolute atomic E-state index is 14.5. The Morgan fingerprint density at radius 2 is 1.35 bits per heavy atom. The van der Waals surface area contributed by atoms with Gasteiger partial charge in [-0.25, -0.2) is 9.59 Å². The highest BCUT2D eigenvalue weighted by Gasteiger charge is 2.36. The van der Waals surface area contributed by atoms with Crippen LogP contribution in [0.15, 0.2) is 103 Å². The van der Waals surface area contributed by atoms with E-state index in [1.54, 1.807) is 53.4 Å². The van der Waals surface area contributed by atoms with E-state index in [2.05, 4.69) is 10.6 Å². The summed E-state index contributed by atoms with van der Waals surface area (Å²) in [6, 6.07) is 28.7. The molecule has 2 atom stereocenters. The zero-order valence-corrected chi connectivity index (χ0v) is 33.5. The number of hydrogen-bond donors (Lipinski definition) is 3. The zero-order valence-electron chi connectivity index (χ0n) is 32.7. The molecule has 0 heterocycles. The van der Waals surface area contributed by atoms with E-state index in [1.165, 1.54) is 0 Å². The van der Waals surface area contributed by atoms with E-state index in [4.69, 9.17) is 25.8 Å². The summed E-state index contributed by atoms with van der Waals surface area (Å²) in [5, 5.41) is 16.5. The first-order valence-electron chi connectivity index (χ1n) is 19.2. The molecule has 0 fully saturated rings. The average molecular weight is 799 g/mol. The SMILES string of the molecule is CCOC(CN(C(=O)C(Cc1cccc(Cl)c1)NC(=O)C(CN(CC1c2ccccc2-c2ccccc21)C(=O)O)NC(=O)OCc1ccccc1)C(C)C)OCC. The Kier molecular flexibility index (Phi) is 15.5. The van der Waals surface area contributed by atoms with Crippen LogP contribution in [-0.2, 0) is 36.8 Å². The van der Waals surface area contributed by atoms with Crippen molar-refractivity contribution in [1.29, 1.82) is 0 Å². The van der Waals surface area contributed by atoms with Crippen molar-refractivity contribution >= 4 is 35.6 Å². The fraction of sp³-hybridized carbons (Fsp3) is 0.364. The van der Waals surface area contributed by atoms with Gasteiger partial charge in [0.15, 0.2) is 6.29 Å². The van der Waals surface area contributed by atoms with Crippen LogP contribution >= 0.6 is 11.6 Å². The van der Waals surface area contributed by atoms with Crippen molar-refractivity contribution in [3.05, 3.63) is 130 Å². The van der Waals surface area contributed by atoms with Crippen LogP contribution in [0.4, 0.5) is 9.59 Å². The summed E-state index contributed by atoms with van der Waals surface area (Å²) in [7, 11) is 0. The minimum absolute atomic E-state index is 0.00384. The highest BCUT2D eigenvalue weighted by atomic mass is 35.5. The van der Waals surface area contributed by atoms with E-state index in [-0.39, 0.29) is 38.1 Å². The minimum atomic E-state index is -1.46. The largest absolute Gasteiger partial charge is 0.465 e. The van der Waals surface area contributed by atoms with Crippen LogP contribution in [0.3, 0.4) is 0 Å². The lowest BCUT2D eigenvalue weighted by molar-refractivity contribution is -0.163. The predicted molar refractivity (Wildman–Crippen MR) is 218 cm³/mol. The summed E-state index contributed by atoms with van der Waals surface area (Å²) in [6.45, 7) is 7.64. The Balaban J connectivity index is 1.45. The van der Waals surface area contributed by atoms with Crippen LogP contribution < -0.4 is 10.6 Å². The second-order valence-electron chi connectivity index (χ2n) is 14.0. The van der Waals surface area contributed by atoms with Crippen LogP contribution in [-0.4, -0.2) is 96.2 Å². The first kappa shape index (κ1) is 42.7. The summed E-state index contributed by atoms with van der Waals surface area (Å²) in [4.78, 5) is 58.0. The van der Waals surface area contributed by atoms with Crippen LogP contribution in [0.25, 0.3) is 11.1 Å². The third-order valence-electron chi connectivity index (χ3n) is 9.76. The van der Waals surface area contributed by atoms with Gasteiger partial charge in [-0.15, -0.1) is 0 Å². The van der Waals surface area contributed by atoms with E-state index in [1.807, 2.05) is 82.3 Å². The lowest BCUT2D eigenvalue weighted by atomic mass is 9.96. The molecule has 0 aliphatic heterocycles. The number of benzene rings is 4. The molecule has 4 aromatic rings. The van der Waals surface area contributed by atoms with Crippen molar-refractivity contribution in [1.82, 2.24) is 20.4 Å². The molecular formula is C44H51ClN4O8. The molecule has 57 heavy (non-hydrogen) atoms. The molecule has 1 aliphatic rings. The second kappa shape index (κ2) is 20.7. The molecule has 1 aliphatic carbocycles. The van der Waals surface area contributed by atoms with E-state index in [0.29, 0.717) is 23.8 Å². The van der Waals surface area contributed by atoms with Gasteiger partial charge in [-0.05, 0) is 73.2 Å². The van der Waals surface area contributed by atoms with E-state index >= 15 is 0 Å². The molecule has 302 valence electrons. The monoisotopic (exact) mass is 798 g/mol. The number of carbonyl (C=O) groups is 4. The quantitative estimate of drug-likeness (QED) is 0.0853. The van der Waals surface area contributed by atoms with Crippen LogP contribution in [0.2, 0.25) is 5.02 Å². The van der Waals surface area contributed by atoms with Crippen molar-refractivity contribution in [3.63, 3.8) is 0 Å². The summed E-state index contributed by atoms with van der Waals surface area (Å²) >= 11 is 6.33. The molecule has 0 spiro atoms. The number of nitrogens with zero attached hydrogens (tertiary/aromatic N) is 2. The van der Waals surface area contributed by atoms with Gasteiger partial charge in [0.2, 0.25) is 11.8 Å². The summed E-state index contributed by atoms with van der Waals surface area (Å²) in [6.07, 6.45) is -2.88. The molecule has 2 unspecified atom stereocenters. The van der Waals surface area contributed by atoms with Gasteiger partial charge in [0.05, 0.1) is 13.1 Å². The Bertz CT molecular complexity index is 1930.